The molecule has 0 radical (unpaired) electrons. The third-order valence-corrected chi connectivity index (χ3v) is 5.51. The third-order valence-electron chi connectivity index (χ3n) is 5.51. The number of hydrogen-bond acceptors (Lipinski definition) is 5. The van der Waals surface area contributed by atoms with Gasteiger partial charge in [-0.1, -0.05) is 41.6 Å². The minimum atomic E-state index is -1.29. The van der Waals surface area contributed by atoms with Crippen molar-refractivity contribution in [3.63, 3.8) is 0 Å². The predicted molar refractivity (Wildman–Crippen MR) is 135 cm³/mol. The molecular weight excluding hydrogens is 461 g/mol. The van der Waals surface area contributed by atoms with E-state index in [4.69, 9.17) is 4.74 Å². The van der Waals surface area contributed by atoms with E-state index in [-0.39, 0.29) is 12.1 Å². The van der Waals surface area contributed by atoms with Crippen LogP contribution >= 0.6 is 0 Å². The van der Waals surface area contributed by atoms with Gasteiger partial charge >= 0.3 is 0 Å². The van der Waals surface area contributed by atoms with Crippen molar-refractivity contribution >= 4 is 28.5 Å². The number of ether oxygens (including phenoxy) is 1. The standard InChI is InChI=1S/C27H28FN5O3/c1-27(2,3)29-26(35)25(20-12-5-6-13-21(20)28)33(18-10-9-11-19(16-18)36-4)24(34)17-32-23-15-8-7-14-22(23)30-31-32/h5-16,25H,17H2,1-4H3,(H,29,35)/t25-/m1/s1. The molecule has 36 heavy (non-hydrogen) atoms. The van der Waals surface area contributed by atoms with E-state index in [1.165, 1.54) is 34.9 Å². The number of nitrogens with one attached hydrogen (secondary N) is 1. The van der Waals surface area contributed by atoms with Crippen molar-refractivity contribution < 1.29 is 18.7 Å². The number of fused-ring (bicyclic) bond motifs is 1. The summed E-state index contributed by atoms with van der Waals surface area (Å²) in [6.45, 7) is 5.25. The normalized spacial score (nSPS) is 12.2. The van der Waals surface area contributed by atoms with Crippen molar-refractivity contribution in [3.8, 4) is 5.75 Å². The molecule has 4 rings (SSSR count). The summed E-state index contributed by atoms with van der Waals surface area (Å²) in [7, 11) is 1.51. The number of halogens is 1. The highest BCUT2D eigenvalue weighted by molar-refractivity contribution is 6.01. The molecular formula is C27H28FN5O3. The van der Waals surface area contributed by atoms with E-state index in [1.54, 1.807) is 42.5 Å². The second kappa shape index (κ2) is 10.2. The number of carbonyl (C=O) groups is 2. The number of amides is 2. The van der Waals surface area contributed by atoms with Crippen molar-refractivity contribution in [2.75, 3.05) is 12.0 Å². The van der Waals surface area contributed by atoms with Crippen LogP contribution in [0.4, 0.5) is 10.1 Å². The van der Waals surface area contributed by atoms with Gasteiger partial charge in [0.25, 0.3) is 0 Å². The van der Waals surface area contributed by atoms with Gasteiger partial charge < -0.3 is 10.1 Å². The summed E-state index contributed by atoms with van der Waals surface area (Å²) in [5.41, 5.74) is 1.12. The highest BCUT2D eigenvalue weighted by atomic mass is 19.1. The maximum absolute atomic E-state index is 15.1. The lowest BCUT2D eigenvalue weighted by molar-refractivity contribution is -0.128. The number of aromatic nitrogens is 3. The monoisotopic (exact) mass is 489 g/mol. The lowest BCUT2D eigenvalue weighted by Gasteiger charge is -2.34. The first kappa shape index (κ1) is 24.8. The Hall–Kier alpha value is -4.27. The molecule has 2 amide bonds. The van der Waals surface area contributed by atoms with Crippen molar-refractivity contribution in [1.29, 1.82) is 0 Å². The van der Waals surface area contributed by atoms with Crippen LogP contribution in [0.25, 0.3) is 11.0 Å². The Morgan fingerprint density at radius 3 is 2.50 bits per heavy atom. The Labute approximate surface area is 208 Å². The summed E-state index contributed by atoms with van der Waals surface area (Å²) in [4.78, 5) is 28.9. The number of methoxy groups -OCH3 is 1. The van der Waals surface area contributed by atoms with Gasteiger partial charge in [0.2, 0.25) is 11.8 Å². The number of benzene rings is 3. The molecule has 8 nitrogen and oxygen atoms in total. The Balaban J connectivity index is 1.85. The van der Waals surface area contributed by atoms with E-state index in [0.717, 1.165) is 0 Å². The van der Waals surface area contributed by atoms with E-state index in [2.05, 4.69) is 15.6 Å². The number of anilines is 1. The number of rotatable bonds is 7. The molecule has 1 atom stereocenters. The van der Waals surface area contributed by atoms with Crippen LogP contribution in [-0.4, -0.2) is 39.5 Å². The molecule has 0 saturated carbocycles. The lowest BCUT2D eigenvalue weighted by Crippen LogP contribution is -2.50. The molecule has 0 aliphatic carbocycles. The van der Waals surface area contributed by atoms with Crippen molar-refractivity contribution in [2.24, 2.45) is 0 Å². The van der Waals surface area contributed by atoms with Gasteiger partial charge in [-0.2, -0.15) is 0 Å². The molecule has 0 bridgehead atoms. The molecule has 186 valence electrons. The van der Waals surface area contributed by atoms with E-state index < -0.39 is 29.2 Å². The molecule has 0 aliphatic rings. The Morgan fingerprint density at radius 1 is 1.06 bits per heavy atom. The van der Waals surface area contributed by atoms with Gasteiger partial charge in [0, 0.05) is 22.9 Å². The highest BCUT2D eigenvalue weighted by Crippen LogP contribution is 2.32. The van der Waals surface area contributed by atoms with E-state index in [0.29, 0.717) is 22.5 Å². The van der Waals surface area contributed by atoms with Crippen molar-refractivity contribution in [1.82, 2.24) is 20.3 Å². The Morgan fingerprint density at radius 2 is 1.78 bits per heavy atom. The molecule has 1 N–H and O–H groups in total. The van der Waals surface area contributed by atoms with Crippen molar-refractivity contribution in [3.05, 3.63) is 84.2 Å². The molecule has 0 fully saturated rings. The number of carbonyl (C=O) groups excluding carboxylic acids is 2. The van der Waals surface area contributed by atoms with Gasteiger partial charge in [-0.25, -0.2) is 9.07 Å². The number of nitrogens with zero attached hydrogens (tertiary/aromatic N) is 4. The second-order valence-corrected chi connectivity index (χ2v) is 9.36. The Bertz CT molecular complexity index is 1400. The van der Waals surface area contributed by atoms with Crippen LogP contribution in [0.3, 0.4) is 0 Å². The lowest BCUT2D eigenvalue weighted by atomic mass is 10.00. The topological polar surface area (TPSA) is 89.3 Å². The summed E-state index contributed by atoms with van der Waals surface area (Å²) in [5, 5.41) is 11.1. The van der Waals surface area contributed by atoms with Gasteiger partial charge in [-0.05, 0) is 51.1 Å². The smallest absolute Gasteiger partial charge is 0.249 e. The van der Waals surface area contributed by atoms with Crippen LogP contribution in [0.2, 0.25) is 0 Å². The average Bonchev–Trinajstić information content (AvgIpc) is 3.24. The van der Waals surface area contributed by atoms with Crippen LogP contribution < -0.4 is 15.0 Å². The van der Waals surface area contributed by atoms with E-state index >= 15 is 4.39 Å². The molecule has 4 aromatic rings. The second-order valence-electron chi connectivity index (χ2n) is 9.36. The van der Waals surface area contributed by atoms with Crippen LogP contribution in [0.1, 0.15) is 32.4 Å². The van der Waals surface area contributed by atoms with Gasteiger partial charge in [-0.3, -0.25) is 14.5 Å². The summed E-state index contributed by atoms with van der Waals surface area (Å²) < 4.78 is 22.0. The maximum Gasteiger partial charge on any atom is 0.249 e. The van der Waals surface area contributed by atoms with E-state index in [1.807, 2.05) is 32.9 Å². The van der Waals surface area contributed by atoms with Gasteiger partial charge in [-0.15, -0.1) is 5.10 Å². The van der Waals surface area contributed by atoms with Crippen LogP contribution in [0.15, 0.2) is 72.8 Å². The molecule has 0 saturated heterocycles. The molecule has 0 aliphatic heterocycles. The molecule has 1 aromatic heterocycles. The quantitative estimate of drug-likeness (QED) is 0.419. The zero-order chi connectivity index (χ0) is 25.9. The average molecular weight is 490 g/mol. The zero-order valence-corrected chi connectivity index (χ0v) is 20.6. The van der Waals surface area contributed by atoms with Gasteiger partial charge in [0.15, 0.2) is 0 Å². The summed E-state index contributed by atoms with van der Waals surface area (Å²) in [6, 6.07) is 18.7. The third kappa shape index (κ3) is 5.35. The van der Waals surface area contributed by atoms with Crippen LogP contribution in [0.5, 0.6) is 5.75 Å². The molecule has 0 spiro atoms. The largest absolute Gasteiger partial charge is 0.497 e. The SMILES string of the molecule is COc1cccc(N(C(=O)Cn2nnc3ccccc32)[C@@H](C(=O)NC(C)(C)C)c2ccccc2F)c1. The fraction of sp³-hybridized carbons (Fsp3) is 0.259. The summed E-state index contributed by atoms with van der Waals surface area (Å²) in [6.07, 6.45) is 0. The molecule has 1 heterocycles. The maximum atomic E-state index is 15.1. The molecule has 0 unspecified atom stereocenters. The first-order valence-electron chi connectivity index (χ1n) is 11.5. The van der Waals surface area contributed by atoms with Crippen LogP contribution in [-0.2, 0) is 16.1 Å². The first-order valence-corrected chi connectivity index (χ1v) is 11.5. The summed E-state index contributed by atoms with van der Waals surface area (Å²) in [5.74, 6) is -1.11. The minimum Gasteiger partial charge on any atom is -0.497 e. The van der Waals surface area contributed by atoms with Crippen molar-refractivity contribution in [2.45, 2.75) is 38.9 Å². The number of hydrogen-bond donors (Lipinski definition) is 1. The molecule has 9 heteroatoms. The fourth-order valence-electron chi connectivity index (χ4n) is 3.97. The van der Waals surface area contributed by atoms with E-state index in [9.17, 15) is 9.59 Å². The fourth-order valence-corrected chi connectivity index (χ4v) is 3.97. The minimum absolute atomic E-state index is 0.0684. The van der Waals surface area contributed by atoms with Crippen LogP contribution in [0, 0.1) is 5.82 Å². The molecule has 3 aromatic carbocycles. The summed E-state index contributed by atoms with van der Waals surface area (Å²) >= 11 is 0. The highest BCUT2D eigenvalue weighted by Gasteiger charge is 2.36. The van der Waals surface area contributed by atoms with Gasteiger partial charge in [0.1, 0.15) is 29.7 Å². The predicted octanol–water partition coefficient (Wildman–Crippen LogP) is 4.27. The Kier molecular flexibility index (Phi) is 7.00. The first-order chi connectivity index (χ1) is 17.2. The van der Waals surface area contributed by atoms with Gasteiger partial charge in [0.05, 0.1) is 12.6 Å². The number of para-hydroxylation sites is 1. The zero-order valence-electron chi connectivity index (χ0n) is 20.6.